The highest BCUT2D eigenvalue weighted by Gasteiger charge is 2.00. The Hall–Kier alpha value is -2.14. The van der Waals surface area contributed by atoms with Crippen LogP contribution in [-0.4, -0.2) is 23.1 Å². The number of aromatic nitrogens is 2. The van der Waals surface area contributed by atoms with Gasteiger partial charge in [0.15, 0.2) is 0 Å². The van der Waals surface area contributed by atoms with Crippen LogP contribution in [0.15, 0.2) is 41.2 Å². The maximum Gasteiger partial charge on any atom is 0.254 e. The number of rotatable bonds is 8. The fourth-order valence-electron chi connectivity index (χ4n) is 1.93. The molecular formula is C16H21N3O2. The average Bonchev–Trinajstić information content (AvgIpc) is 2.51. The van der Waals surface area contributed by atoms with Crippen LogP contribution in [0.1, 0.15) is 24.7 Å². The average molecular weight is 287 g/mol. The van der Waals surface area contributed by atoms with Gasteiger partial charge in [0.25, 0.3) is 5.56 Å². The van der Waals surface area contributed by atoms with Crippen LogP contribution in [0.25, 0.3) is 0 Å². The van der Waals surface area contributed by atoms with Gasteiger partial charge in [-0.1, -0.05) is 37.3 Å². The van der Waals surface area contributed by atoms with Crippen LogP contribution in [0.2, 0.25) is 0 Å². The minimum atomic E-state index is -0.168. The second-order valence-corrected chi connectivity index (χ2v) is 4.75. The van der Waals surface area contributed by atoms with Gasteiger partial charge in [0.05, 0.1) is 12.7 Å². The second kappa shape index (κ2) is 8.21. The predicted molar refractivity (Wildman–Crippen MR) is 82.5 cm³/mol. The van der Waals surface area contributed by atoms with E-state index in [2.05, 4.69) is 27.4 Å². The number of aryl methyl sites for hydroxylation is 1. The standard InChI is InChI=1S/C16H21N3O2/c1-2-14-18-15(20)11-16(19-14)21-10-6-9-17-12-13-7-4-3-5-8-13/h3-5,7-8,11,17H,2,6,9-10,12H2,1H3,(H,18,19,20). The molecule has 1 heterocycles. The summed E-state index contributed by atoms with van der Waals surface area (Å²) in [6, 6.07) is 11.6. The lowest BCUT2D eigenvalue weighted by Crippen LogP contribution is -2.18. The Morgan fingerprint density at radius 1 is 1.29 bits per heavy atom. The second-order valence-electron chi connectivity index (χ2n) is 4.75. The van der Waals surface area contributed by atoms with Crippen molar-refractivity contribution in [2.45, 2.75) is 26.3 Å². The van der Waals surface area contributed by atoms with Crippen molar-refractivity contribution in [2.75, 3.05) is 13.2 Å². The summed E-state index contributed by atoms with van der Waals surface area (Å²) in [4.78, 5) is 18.3. The molecule has 0 spiro atoms. The first-order chi connectivity index (χ1) is 10.3. The number of benzene rings is 1. The van der Waals surface area contributed by atoms with Crippen molar-refractivity contribution in [1.82, 2.24) is 15.3 Å². The number of nitrogens with one attached hydrogen (secondary N) is 2. The summed E-state index contributed by atoms with van der Waals surface area (Å²) in [6.07, 6.45) is 1.55. The quantitative estimate of drug-likeness (QED) is 0.728. The van der Waals surface area contributed by atoms with E-state index < -0.39 is 0 Å². The molecule has 2 N–H and O–H groups in total. The summed E-state index contributed by atoms with van der Waals surface area (Å²) in [5.41, 5.74) is 1.10. The summed E-state index contributed by atoms with van der Waals surface area (Å²) in [5, 5.41) is 3.35. The molecule has 0 bridgehead atoms. The third-order valence-corrected chi connectivity index (χ3v) is 3.02. The predicted octanol–water partition coefficient (Wildman–Crippen LogP) is 1.89. The van der Waals surface area contributed by atoms with Crippen LogP contribution in [0, 0.1) is 0 Å². The van der Waals surface area contributed by atoms with Crippen molar-refractivity contribution in [3.05, 3.63) is 58.1 Å². The number of aromatic amines is 1. The zero-order chi connectivity index (χ0) is 14.9. The van der Waals surface area contributed by atoms with E-state index in [0.717, 1.165) is 19.5 Å². The molecule has 1 aromatic heterocycles. The van der Waals surface area contributed by atoms with E-state index in [1.54, 1.807) is 0 Å². The van der Waals surface area contributed by atoms with Crippen LogP contribution >= 0.6 is 0 Å². The third-order valence-electron chi connectivity index (χ3n) is 3.02. The van der Waals surface area contributed by atoms with Crippen molar-refractivity contribution in [2.24, 2.45) is 0 Å². The maximum atomic E-state index is 11.4. The Labute approximate surface area is 124 Å². The summed E-state index contributed by atoms with van der Waals surface area (Å²) >= 11 is 0. The van der Waals surface area contributed by atoms with Crippen LogP contribution in [0.4, 0.5) is 0 Å². The van der Waals surface area contributed by atoms with Gasteiger partial charge in [0.2, 0.25) is 5.88 Å². The van der Waals surface area contributed by atoms with Crippen molar-refractivity contribution < 1.29 is 4.74 Å². The van der Waals surface area contributed by atoms with Gasteiger partial charge in [0, 0.05) is 13.0 Å². The highest BCUT2D eigenvalue weighted by Crippen LogP contribution is 2.03. The van der Waals surface area contributed by atoms with Crippen LogP contribution in [0.5, 0.6) is 5.88 Å². The molecule has 112 valence electrons. The SMILES string of the molecule is CCc1nc(OCCCNCc2ccccc2)cc(=O)[nH]1. The van der Waals surface area contributed by atoms with Gasteiger partial charge < -0.3 is 15.0 Å². The number of hydrogen-bond acceptors (Lipinski definition) is 4. The number of ether oxygens (including phenoxy) is 1. The zero-order valence-corrected chi connectivity index (χ0v) is 12.3. The van der Waals surface area contributed by atoms with Crippen molar-refractivity contribution in [3.8, 4) is 5.88 Å². The molecule has 0 saturated heterocycles. The van der Waals surface area contributed by atoms with E-state index in [9.17, 15) is 4.79 Å². The van der Waals surface area contributed by atoms with Gasteiger partial charge in [-0.3, -0.25) is 4.79 Å². The highest BCUT2D eigenvalue weighted by molar-refractivity contribution is 5.14. The first kappa shape index (κ1) is 15.3. The Morgan fingerprint density at radius 2 is 2.10 bits per heavy atom. The van der Waals surface area contributed by atoms with E-state index >= 15 is 0 Å². The highest BCUT2D eigenvalue weighted by atomic mass is 16.5. The number of H-pyrrole nitrogens is 1. The topological polar surface area (TPSA) is 67.0 Å². The molecular weight excluding hydrogens is 266 g/mol. The van der Waals surface area contributed by atoms with Gasteiger partial charge >= 0.3 is 0 Å². The first-order valence-corrected chi connectivity index (χ1v) is 7.25. The van der Waals surface area contributed by atoms with Crippen LogP contribution in [0.3, 0.4) is 0 Å². The molecule has 0 aliphatic rings. The minimum absolute atomic E-state index is 0.168. The van der Waals surface area contributed by atoms with Crippen LogP contribution < -0.4 is 15.6 Å². The summed E-state index contributed by atoms with van der Waals surface area (Å²) in [6.45, 7) is 4.19. The van der Waals surface area contributed by atoms with Gasteiger partial charge in [-0.25, -0.2) is 4.98 Å². The molecule has 0 saturated carbocycles. The molecule has 0 aliphatic carbocycles. The minimum Gasteiger partial charge on any atom is -0.477 e. The van der Waals surface area contributed by atoms with Gasteiger partial charge in [-0.2, -0.15) is 0 Å². The van der Waals surface area contributed by atoms with Gasteiger partial charge in [-0.05, 0) is 18.5 Å². The summed E-state index contributed by atoms with van der Waals surface area (Å²) in [7, 11) is 0. The van der Waals surface area contributed by atoms with Gasteiger partial charge in [0.1, 0.15) is 5.82 Å². The van der Waals surface area contributed by atoms with E-state index in [-0.39, 0.29) is 5.56 Å². The normalized spacial score (nSPS) is 10.5. The molecule has 0 radical (unpaired) electrons. The molecule has 2 rings (SSSR count). The lowest BCUT2D eigenvalue weighted by molar-refractivity contribution is 0.294. The maximum absolute atomic E-state index is 11.4. The lowest BCUT2D eigenvalue weighted by atomic mass is 10.2. The number of nitrogens with zero attached hydrogens (tertiary/aromatic N) is 1. The monoisotopic (exact) mass is 287 g/mol. The lowest BCUT2D eigenvalue weighted by Gasteiger charge is -2.07. The first-order valence-electron chi connectivity index (χ1n) is 7.25. The summed E-state index contributed by atoms with van der Waals surface area (Å²) < 4.78 is 5.51. The Bertz CT molecular complexity index is 596. The molecule has 0 amide bonds. The zero-order valence-electron chi connectivity index (χ0n) is 12.3. The largest absolute Gasteiger partial charge is 0.477 e. The van der Waals surface area contributed by atoms with Crippen LogP contribution in [-0.2, 0) is 13.0 Å². The molecule has 0 fully saturated rings. The molecule has 2 aromatic rings. The van der Waals surface area contributed by atoms with E-state index in [0.29, 0.717) is 24.7 Å². The van der Waals surface area contributed by atoms with E-state index in [1.165, 1.54) is 11.6 Å². The Balaban J connectivity index is 1.66. The van der Waals surface area contributed by atoms with Crippen molar-refractivity contribution in [3.63, 3.8) is 0 Å². The molecule has 1 aromatic carbocycles. The Morgan fingerprint density at radius 3 is 2.86 bits per heavy atom. The molecule has 0 unspecified atom stereocenters. The van der Waals surface area contributed by atoms with E-state index in [1.807, 2.05) is 25.1 Å². The van der Waals surface area contributed by atoms with E-state index in [4.69, 9.17) is 4.74 Å². The third kappa shape index (κ3) is 5.39. The molecule has 0 atom stereocenters. The number of hydrogen-bond donors (Lipinski definition) is 2. The Kier molecular flexibility index (Phi) is 5.97. The molecule has 21 heavy (non-hydrogen) atoms. The summed E-state index contributed by atoms with van der Waals surface area (Å²) in [5.74, 6) is 1.05. The fourth-order valence-corrected chi connectivity index (χ4v) is 1.93. The molecule has 5 heteroatoms. The smallest absolute Gasteiger partial charge is 0.254 e. The molecule has 5 nitrogen and oxygen atoms in total. The fraction of sp³-hybridized carbons (Fsp3) is 0.375. The van der Waals surface area contributed by atoms with Crippen molar-refractivity contribution in [1.29, 1.82) is 0 Å². The van der Waals surface area contributed by atoms with Crippen molar-refractivity contribution >= 4 is 0 Å². The molecule has 0 aliphatic heterocycles. The van der Waals surface area contributed by atoms with Gasteiger partial charge in [-0.15, -0.1) is 0 Å².